The average Bonchev–Trinajstić information content (AvgIpc) is 2.10. The molecule has 0 amide bonds. The van der Waals surface area contributed by atoms with Crippen LogP contribution < -0.4 is 0 Å². The van der Waals surface area contributed by atoms with E-state index in [2.05, 4.69) is 46.7 Å². The minimum absolute atomic E-state index is 0.487. The highest BCUT2D eigenvalue weighted by atomic mass is 28.3. The van der Waals surface area contributed by atoms with Crippen LogP contribution >= 0.6 is 0 Å². The van der Waals surface area contributed by atoms with Gasteiger partial charge in [-0.2, -0.15) is 0 Å². The first kappa shape index (κ1) is 14.2. The van der Waals surface area contributed by atoms with E-state index in [9.17, 15) is 0 Å². The molecule has 0 aromatic carbocycles. The maximum absolute atomic E-state index is 2.46. The van der Waals surface area contributed by atoms with Crippen molar-refractivity contribution in [1.82, 2.24) is 4.90 Å². The summed E-state index contributed by atoms with van der Waals surface area (Å²) in [6, 6.07) is 1.53. The van der Waals surface area contributed by atoms with Gasteiger partial charge in [0.05, 0.1) is 0 Å². The second-order valence-corrected chi connectivity index (χ2v) is 9.62. The molecular formula is C12H29NSi. The van der Waals surface area contributed by atoms with Crippen LogP contribution in [-0.4, -0.2) is 34.3 Å². The summed E-state index contributed by atoms with van der Waals surface area (Å²) in [6.07, 6.45) is 2.80. The van der Waals surface area contributed by atoms with Gasteiger partial charge in [-0.1, -0.05) is 51.2 Å². The van der Waals surface area contributed by atoms with Gasteiger partial charge in [-0.3, -0.25) is 0 Å². The molecule has 0 heterocycles. The van der Waals surface area contributed by atoms with Crippen LogP contribution in [0.1, 0.15) is 40.5 Å². The van der Waals surface area contributed by atoms with Crippen LogP contribution in [0.5, 0.6) is 0 Å². The molecule has 0 aromatic heterocycles. The highest BCUT2D eigenvalue weighted by Crippen LogP contribution is 2.27. The smallest absolute Gasteiger partial charge is 0.0422 e. The van der Waals surface area contributed by atoms with Gasteiger partial charge in [-0.15, -0.1) is 0 Å². The van der Waals surface area contributed by atoms with Crippen LogP contribution in [0.25, 0.3) is 0 Å². The van der Waals surface area contributed by atoms with Gasteiger partial charge in [0, 0.05) is 8.80 Å². The fraction of sp³-hybridized carbons (Fsp3) is 1.00. The van der Waals surface area contributed by atoms with Crippen molar-refractivity contribution in [2.75, 3.05) is 20.6 Å². The summed E-state index contributed by atoms with van der Waals surface area (Å²) >= 11 is 0. The molecule has 0 aliphatic carbocycles. The first-order valence-electron chi connectivity index (χ1n) is 6.13. The zero-order valence-electron chi connectivity index (χ0n) is 11.0. The molecule has 0 saturated heterocycles. The Balaban J connectivity index is 3.85. The molecule has 2 atom stereocenters. The number of hydrogen-bond donors (Lipinski definition) is 0. The third-order valence-corrected chi connectivity index (χ3v) is 8.09. The van der Waals surface area contributed by atoms with Crippen LogP contribution in [0, 0.1) is 0 Å². The summed E-state index contributed by atoms with van der Waals surface area (Å²) in [7, 11) is 3.86. The van der Waals surface area contributed by atoms with Crippen LogP contribution in [0.3, 0.4) is 0 Å². The predicted octanol–water partition coefficient (Wildman–Crippen LogP) is 3.38. The molecule has 0 aliphatic rings. The second-order valence-electron chi connectivity index (χ2n) is 5.24. The standard InChI is InChI=1S/C12H29NSi/c1-7-12(4)14(11(2)3)10-8-9-13(5)6/h11-12,14H,7-10H2,1-6H3. The number of nitrogens with zero attached hydrogens (tertiary/aromatic N) is 1. The average molecular weight is 215 g/mol. The molecule has 0 bridgehead atoms. The Hall–Kier alpha value is 0.177. The Bertz CT molecular complexity index is 134. The second kappa shape index (κ2) is 7.47. The Labute approximate surface area is 92.5 Å². The summed E-state index contributed by atoms with van der Waals surface area (Å²) in [5.41, 5.74) is 2.00. The van der Waals surface area contributed by atoms with E-state index in [-0.39, 0.29) is 0 Å². The zero-order valence-corrected chi connectivity index (χ0v) is 12.2. The molecule has 2 unspecified atom stereocenters. The summed E-state index contributed by atoms with van der Waals surface area (Å²) < 4.78 is 0. The minimum atomic E-state index is -0.487. The van der Waals surface area contributed by atoms with Crippen molar-refractivity contribution in [2.24, 2.45) is 0 Å². The van der Waals surface area contributed by atoms with Crippen LogP contribution in [-0.2, 0) is 0 Å². The molecule has 0 spiro atoms. The lowest BCUT2D eigenvalue weighted by Crippen LogP contribution is -2.24. The molecule has 0 fully saturated rings. The van der Waals surface area contributed by atoms with Gasteiger partial charge in [-0.05, 0) is 27.1 Å². The van der Waals surface area contributed by atoms with Crippen molar-refractivity contribution in [3.8, 4) is 0 Å². The summed E-state index contributed by atoms with van der Waals surface area (Å²) in [4.78, 5) is 2.31. The molecule has 0 rings (SSSR count). The van der Waals surface area contributed by atoms with E-state index in [0.717, 1.165) is 11.1 Å². The Kier molecular flexibility index (Phi) is 7.56. The molecule has 0 radical (unpaired) electrons. The maximum atomic E-state index is 2.46. The quantitative estimate of drug-likeness (QED) is 0.589. The van der Waals surface area contributed by atoms with E-state index in [0.29, 0.717) is 0 Å². The molecule has 2 heteroatoms. The SMILES string of the molecule is CCC(C)[SiH](CCCN(C)C)C(C)C. The van der Waals surface area contributed by atoms with E-state index in [1.807, 2.05) is 0 Å². The molecule has 1 nitrogen and oxygen atoms in total. The molecule has 14 heavy (non-hydrogen) atoms. The van der Waals surface area contributed by atoms with Crippen LogP contribution in [0.2, 0.25) is 17.1 Å². The normalized spacial score (nSPS) is 16.3. The van der Waals surface area contributed by atoms with Crippen LogP contribution in [0.15, 0.2) is 0 Å². The van der Waals surface area contributed by atoms with Gasteiger partial charge in [-0.25, -0.2) is 0 Å². The largest absolute Gasteiger partial charge is 0.309 e. The molecular weight excluding hydrogens is 186 g/mol. The van der Waals surface area contributed by atoms with Crippen molar-refractivity contribution in [3.05, 3.63) is 0 Å². The van der Waals surface area contributed by atoms with E-state index < -0.39 is 8.80 Å². The summed E-state index contributed by atoms with van der Waals surface area (Å²) in [6.45, 7) is 10.9. The van der Waals surface area contributed by atoms with Crippen molar-refractivity contribution >= 4 is 8.80 Å². The Morgan fingerprint density at radius 2 is 1.71 bits per heavy atom. The zero-order chi connectivity index (χ0) is 11.1. The minimum Gasteiger partial charge on any atom is -0.309 e. The van der Waals surface area contributed by atoms with Crippen LogP contribution in [0.4, 0.5) is 0 Å². The molecule has 86 valence electrons. The van der Waals surface area contributed by atoms with E-state index in [1.165, 1.54) is 25.4 Å². The fourth-order valence-electron chi connectivity index (χ4n) is 2.22. The Morgan fingerprint density at radius 3 is 2.07 bits per heavy atom. The number of hydrogen-bond acceptors (Lipinski definition) is 1. The van der Waals surface area contributed by atoms with Gasteiger partial charge in [0.1, 0.15) is 0 Å². The van der Waals surface area contributed by atoms with Crippen molar-refractivity contribution in [1.29, 1.82) is 0 Å². The number of rotatable bonds is 7. The summed E-state index contributed by atoms with van der Waals surface area (Å²) in [5.74, 6) is 0. The maximum Gasteiger partial charge on any atom is 0.0422 e. The van der Waals surface area contributed by atoms with Crippen molar-refractivity contribution in [2.45, 2.75) is 57.7 Å². The summed E-state index contributed by atoms with van der Waals surface area (Å²) in [5, 5.41) is 0. The molecule has 0 saturated carbocycles. The lowest BCUT2D eigenvalue weighted by Gasteiger charge is -2.25. The van der Waals surface area contributed by atoms with Gasteiger partial charge in [0.25, 0.3) is 0 Å². The van der Waals surface area contributed by atoms with E-state index in [4.69, 9.17) is 0 Å². The van der Waals surface area contributed by atoms with E-state index >= 15 is 0 Å². The highest BCUT2D eigenvalue weighted by molar-refractivity contribution is 6.61. The van der Waals surface area contributed by atoms with Crippen molar-refractivity contribution < 1.29 is 0 Å². The third kappa shape index (κ3) is 5.81. The van der Waals surface area contributed by atoms with Gasteiger partial charge in [0.15, 0.2) is 0 Å². The van der Waals surface area contributed by atoms with E-state index in [1.54, 1.807) is 0 Å². The van der Waals surface area contributed by atoms with Gasteiger partial charge < -0.3 is 4.90 Å². The predicted molar refractivity (Wildman–Crippen MR) is 69.9 cm³/mol. The highest BCUT2D eigenvalue weighted by Gasteiger charge is 2.20. The van der Waals surface area contributed by atoms with Gasteiger partial charge >= 0.3 is 0 Å². The lowest BCUT2D eigenvalue weighted by molar-refractivity contribution is 0.407. The Morgan fingerprint density at radius 1 is 1.14 bits per heavy atom. The third-order valence-electron chi connectivity index (χ3n) is 3.37. The molecule has 0 N–H and O–H groups in total. The molecule has 0 aliphatic heterocycles. The van der Waals surface area contributed by atoms with Crippen molar-refractivity contribution in [3.63, 3.8) is 0 Å². The lowest BCUT2D eigenvalue weighted by atomic mass is 10.4. The van der Waals surface area contributed by atoms with Gasteiger partial charge in [0.2, 0.25) is 0 Å². The fourth-order valence-corrected chi connectivity index (χ4v) is 6.03. The first-order chi connectivity index (χ1) is 6.49. The first-order valence-corrected chi connectivity index (χ1v) is 8.28. The topological polar surface area (TPSA) is 3.24 Å². The monoisotopic (exact) mass is 215 g/mol. The molecule has 0 aromatic rings.